The SMILES string of the molecule is CCCCCCCCCCCCCCCCOC(CO)COCCCCCCCCCCCCCCCCCCCCCCCCCCCCCCCCOCC(CO)OCCCCCCCCCCCCCCCC. The van der Waals surface area contributed by atoms with Crippen molar-refractivity contribution in [3.63, 3.8) is 0 Å². The Morgan fingerprint density at radius 2 is 0.342 bits per heavy atom. The zero-order valence-electron chi connectivity index (χ0n) is 52.4. The molecule has 0 heterocycles. The van der Waals surface area contributed by atoms with Crippen molar-refractivity contribution in [3.8, 4) is 0 Å². The molecule has 76 heavy (non-hydrogen) atoms. The molecular formula is C70H142O6. The molecular weight excluding hydrogens is 937 g/mol. The fourth-order valence-corrected chi connectivity index (χ4v) is 11.2. The summed E-state index contributed by atoms with van der Waals surface area (Å²) in [4.78, 5) is 0. The van der Waals surface area contributed by atoms with Crippen LogP contribution < -0.4 is 0 Å². The first-order chi connectivity index (χ1) is 37.8. The molecule has 0 saturated heterocycles. The summed E-state index contributed by atoms with van der Waals surface area (Å²) in [7, 11) is 0. The van der Waals surface area contributed by atoms with Crippen LogP contribution in [-0.2, 0) is 18.9 Å². The predicted molar refractivity (Wildman–Crippen MR) is 334 cm³/mol. The standard InChI is InChI=1S/C70H142O6/c1-3-5-7-9-11-13-15-17-39-43-47-51-55-59-63-75-69(65-71)67-73-61-57-53-49-45-41-37-35-33-31-29-27-25-23-21-19-20-22-24-26-28-30-32-34-36-38-42-46-50-54-58-62-74-68-70(66-72)76-64-60-56-52-48-44-40-18-16-14-12-10-8-6-4-2/h69-72H,3-68H2,1-2H3. The lowest BCUT2D eigenvalue weighted by Gasteiger charge is -2.15. The molecule has 0 aromatic carbocycles. The summed E-state index contributed by atoms with van der Waals surface area (Å²) in [5.74, 6) is 0. The van der Waals surface area contributed by atoms with Crippen molar-refractivity contribution in [1.29, 1.82) is 0 Å². The van der Waals surface area contributed by atoms with E-state index < -0.39 is 0 Å². The molecule has 2 unspecified atom stereocenters. The molecule has 0 saturated carbocycles. The number of unbranched alkanes of at least 4 members (excludes halogenated alkanes) is 55. The second-order valence-corrected chi connectivity index (χ2v) is 24.3. The number of hydrogen-bond acceptors (Lipinski definition) is 6. The maximum absolute atomic E-state index is 9.69. The van der Waals surface area contributed by atoms with Crippen LogP contribution in [0.15, 0.2) is 0 Å². The summed E-state index contributed by atoms with van der Waals surface area (Å²) < 4.78 is 23.5. The van der Waals surface area contributed by atoms with Gasteiger partial charge in [-0.05, 0) is 25.7 Å². The van der Waals surface area contributed by atoms with Gasteiger partial charge in [-0.25, -0.2) is 0 Å². The van der Waals surface area contributed by atoms with Crippen molar-refractivity contribution < 1.29 is 29.2 Å². The zero-order chi connectivity index (χ0) is 54.7. The van der Waals surface area contributed by atoms with Gasteiger partial charge in [0.25, 0.3) is 0 Å². The van der Waals surface area contributed by atoms with E-state index in [1.807, 2.05) is 0 Å². The average molecular weight is 1080 g/mol. The second-order valence-electron chi connectivity index (χ2n) is 24.3. The van der Waals surface area contributed by atoms with E-state index in [9.17, 15) is 10.2 Å². The smallest absolute Gasteiger partial charge is 0.104 e. The van der Waals surface area contributed by atoms with E-state index >= 15 is 0 Å². The van der Waals surface area contributed by atoms with Gasteiger partial charge in [0, 0.05) is 26.4 Å². The molecule has 6 nitrogen and oxygen atoms in total. The van der Waals surface area contributed by atoms with Gasteiger partial charge in [-0.15, -0.1) is 0 Å². The van der Waals surface area contributed by atoms with Gasteiger partial charge in [0.1, 0.15) is 12.2 Å². The van der Waals surface area contributed by atoms with Crippen LogP contribution in [0, 0.1) is 0 Å². The van der Waals surface area contributed by atoms with Gasteiger partial charge in [0.15, 0.2) is 0 Å². The molecule has 2 atom stereocenters. The summed E-state index contributed by atoms with van der Waals surface area (Å²) in [6.07, 6.45) is 79.9. The normalized spacial score (nSPS) is 12.6. The first-order valence-electron chi connectivity index (χ1n) is 35.4. The van der Waals surface area contributed by atoms with Crippen molar-refractivity contribution in [2.24, 2.45) is 0 Å². The van der Waals surface area contributed by atoms with Crippen molar-refractivity contribution in [2.75, 3.05) is 52.9 Å². The van der Waals surface area contributed by atoms with E-state index in [1.165, 1.54) is 347 Å². The first kappa shape index (κ1) is 75.8. The molecule has 0 fully saturated rings. The minimum absolute atomic E-state index is 0.0626. The van der Waals surface area contributed by atoms with Crippen LogP contribution in [0.25, 0.3) is 0 Å². The molecule has 0 aliphatic rings. The third-order valence-corrected chi connectivity index (χ3v) is 16.5. The molecule has 0 aromatic rings. The molecule has 0 aliphatic carbocycles. The monoisotopic (exact) mass is 1080 g/mol. The fourth-order valence-electron chi connectivity index (χ4n) is 11.2. The molecule has 2 N–H and O–H groups in total. The van der Waals surface area contributed by atoms with Gasteiger partial charge >= 0.3 is 0 Å². The summed E-state index contributed by atoms with van der Waals surface area (Å²) in [5.41, 5.74) is 0. The van der Waals surface area contributed by atoms with Crippen molar-refractivity contribution >= 4 is 0 Å². The zero-order valence-corrected chi connectivity index (χ0v) is 52.4. The summed E-state index contributed by atoms with van der Waals surface area (Å²) in [6, 6.07) is 0. The van der Waals surface area contributed by atoms with Crippen LogP contribution in [-0.4, -0.2) is 75.3 Å². The van der Waals surface area contributed by atoms with Gasteiger partial charge in [-0.3, -0.25) is 0 Å². The highest BCUT2D eigenvalue weighted by Crippen LogP contribution is 2.19. The third-order valence-electron chi connectivity index (χ3n) is 16.5. The van der Waals surface area contributed by atoms with Gasteiger partial charge < -0.3 is 29.2 Å². The molecule has 0 radical (unpaired) electrons. The molecule has 0 bridgehead atoms. The molecule has 6 heteroatoms. The van der Waals surface area contributed by atoms with Gasteiger partial charge in [-0.1, -0.05) is 361 Å². The lowest BCUT2D eigenvalue weighted by Crippen LogP contribution is -2.24. The Kier molecular flexibility index (Phi) is 70.6. The lowest BCUT2D eigenvalue weighted by molar-refractivity contribution is -0.0437. The second kappa shape index (κ2) is 70.9. The third kappa shape index (κ3) is 66.3. The highest BCUT2D eigenvalue weighted by molar-refractivity contribution is 4.59. The predicted octanol–water partition coefficient (Wildman–Crippen LogP) is 22.4. The molecule has 0 aromatic heterocycles. The summed E-state index contributed by atoms with van der Waals surface area (Å²) in [6.45, 7) is 8.87. The minimum atomic E-state index is -0.160. The molecule has 0 rings (SSSR count). The van der Waals surface area contributed by atoms with E-state index in [0.717, 1.165) is 52.1 Å². The number of ether oxygens (including phenoxy) is 4. The average Bonchev–Trinajstić information content (AvgIpc) is 3.43. The molecule has 0 amide bonds. The van der Waals surface area contributed by atoms with Crippen LogP contribution in [0.5, 0.6) is 0 Å². The van der Waals surface area contributed by atoms with Crippen molar-refractivity contribution in [3.05, 3.63) is 0 Å². The van der Waals surface area contributed by atoms with Crippen molar-refractivity contribution in [1.82, 2.24) is 0 Å². The highest BCUT2D eigenvalue weighted by atomic mass is 16.5. The number of hydrogen-bond donors (Lipinski definition) is 2. The molecule has 0 spiro atoms. The van der Waals surface area contributed by atoms with E-state index in [1.54, 1.807) is 0 Å². The van der Waals surface area contributed by atoms with Gasteiger partial charge in [-0.2, -0.15) is 0 Å². The van der Waals surface area contributed by atoms with Crippen LogP contribution in [0.1, 0.15) is 386 Å². The Morgan fingerprint density at radius 3 is 0.500 bits per heavy atom. The highest BCUT2D eigenvalue weighted by Gasteiger charge is 2.09. The van der Waals surface area contributed by atoms with Crippen LogP contribution in [0.2, 0.25) is 0 Å². The lowest BCUT2D eigenvalue weighted by atomic mass is 10.0. The largest absolute Gasteiger partial charge is 0.394 e. The Bertz CT molecular complexity index is 904. The van der Waals surface area contributed by atoms with Crippen molar-refractivity contribution in [2.45, 2.75) is 398 Å². The van der Waals surface area contributed by atoms with Crippen LogP contribution >= 0.6 is 0 Å². The van der Waals surface area contributed by atoms with Gasteiger partial charge in [0.2, 0.25) is 0 Å². The van der Waals surface area contributed by atoms with Gasteiger partial charge in [0.05, 0.1) is 26.4 Å². The number of aliphatic hydroxyl groups excluding tert-OH is 2. The maximum Gasteiger partial charge on any atom is 0.104 e. The fraction of sp³-hybridized carbons (Fsp3) is 1.00. The van der Waals surface area contributed by atoms with E-state index in [4.69, 9.17) is 18.9 Å². The summed E-state index contributed by atoms with van der Waals surface area (Å²) >= 11 is 0. The Hall–Kier alpha value is -0.240. The Morgan fingerprint density at radius 1 is 0.197 bits per heavy atom. The first-order valence-corrected chi connectivity index (χ1v) is 35.4. The number of aliphatic hydroxyl groups is 2. The number of rotatable bonds is 71. The van der Waals surface area contributed by atoms with Crippen LogP contribution in [0.3, 0.4) is 0 Å². The maximum atomic E-state index is 9.69. The van der Waals surface area contributed by atoms with E-state index in [2.05, 4.69) is 13.8 Å². The Labute approximate surface area is 478 Å². The quantitative estimate of drug-likeness (QED) is 0.0591. The molecule has 0 aliphatic heterocycles. The molecule has 458 valence electrons. The van der Waals surface area contributed by atoms with Crippen LogP contribution in [0.4, 0.5) is 0 Å². The topological polar surface area (TPSA) is 77.4 Å². The Balaban J connectivity index is 3.24. The minimum Gasteiger partial charge on any atom is -0.394 e. The van der Waals surface area contributed by atoms with E-state index in [-0.39, 0.29) is 25.4 Å². The van der Waals surface area contributed by atoms with E-state index in [0.29, 0.717) is 13.2 Å². The summed E-state index contributed by atoms with van der Waals surface area (Å²) in [5, 5.41) is 19.4.